The summed E-state index contributed by atoms with van der Waals surface area (Å²) in [7, 11) is 2.10. The van der Waals surface area contributed by atoms with Gasteiger partial charge in [0.05, 0.1) is 5.56 Å². The quantitative estimate of drug-likeness (QED) is 0.910. The molecule has 1 unspecified atom stereocenters. The van der Waals surface area contributed by atoms with Crippen molar-refractivity contribution in [2.75, 3.05) is 20.1 Å². The molecule has 1 aromatic carbocycles. The molecule has 0 aromatic heterocycles. The Morgan fingerprint density at radius 2 is 2.28 bits per heavy atom. The third-order valence-corrected chi connectivity index (χ3v) is 3.98. The van der Waals surface area contributed by atoms with Gasteiger partial charge in [-0.1, -0.05) is 6.07 Å². The van der Waals surface area contributed by atoms with Gasteiger partial charge in [-0.25, -0.2) is 0 Å². The number of nitrogens with zero attached hydrogens (tertiary/aromatic N) is 1. The Labute approximate surface area is 117 Å². The summed E-state index contributed by atoms with van der Waals surface area (Å²) in [5, 5.41) is 3.12. The maximum absolute atomic E-state index is 12.2. The van der Waals surface area contributed by atoms with Crippen LogP contribution in [0.3, 0.4) is 0 Å². The van der Waals surface area contributed by atoms with Crippen LogP contribution in [-0.2, 0) is 0 Å². The highest BCUT2D eigenvalue weighted by Crippen LogP contribution is 2.19. The van der Waals surface area contributed by atoms with Crippen molar-refractivity contribution >= 4 is 21.8 Å². The van der Waals surface area contributed by atoms with Crippen molar-refractivity contribution < 1.29 is 4.79 Å². The number of piperidine rings is 1. The van der Waals surface area contributed by atoms with Gasteiger partial charge in [0, 0.05) is 17.1 Å². The van der Waals surface area contributed by atoms with Crippen LogP contribution in [0.4, 0.5) is 0 Å². The van der Waals surface area contributed by atoms with Gasteiger partial charge >= 0.3 is 0 Å². The SMILES string of the molecule is Cc1ccc(C(=O)NC2CCCN(C)C2)c(Br)c1. The molecule has 4 heteroatoms. The largest absolute Gasteiger partial charge is 0.348 e. The van der Waals surface area contributed by atoms with Crippen molar-refractivity contribution in [3.05, 3.63) is 33.8 Å². The van der Waals surface area contributed by atoms with E-state index in [1.54, 1.807) is 0 Å². The molecular formula is C14H19BrN2O. The molecule has 0 saturated carbocycles. The van der Waals surface area contributed by atoms with Crippen LogP contribution in [0.2, 0.25) is 0 Å². The normalized spacial score (nSPS) is 20.7. The summed E-state index contributed by atoms with van der Waals surface area (Å²) in [4.78, 5) is 14.5. The molecule has 2 rings (SSSR count). The number of halogens is 1. The molecule has 1 atom stereocenters. The van der Waals surface area contributed by atoms with Crippen LogP contribution in [0.25, 0.3) is 0 Å². The van der Waals surface area contributed by atoms with Crippen molar-refractivity contribution in [1.82, 2.24) is 10.2 Å². The number of amides is 1. The second-order valence-electron chi connectivity index (χ2n) is 5.06. The van der Waals surface area contributed by atoms with Crippen LogP contribution in [0.15, 0.2) is 22.7 Å². The predicted molar refractivity (Wildman–Crippen MR) is 76.9 cm³/mol. The zero-order chi connectivity index (χ0) is 13.1. The van der Waals surface area contributed by atoms with Gasteiger partial charge in [-0.2, -0.15) is 0 Å². The molecule has 1 aliphatic heterocycles. The average Bonchev–Trinajstić information content (AvgIpc) is 2.28. The molecule has 1 aliphatic rings. The number of benzene rings is 1. The third-order valence-electron chi connectivity index (χ3n) is 3.33. The first-order valence-electron chi connectivity index (χ1n) is 6.32. The molecule has 0 bridgehead atoms. The Morgan fingerprint density at radius 3 is 2.94 bits per heavy atom. The van der Waals surface area contributed by atoms with E-state index in [1.165, 1.54) is 0 Å². The minimum absolute atomic E-state index is 0.0159. The van der Waals surface area contributed by atoms with Gasteiger partial charge in [-0.3, -0.25) is 4.79 Å². The minimum atomic E-state index is 0.0159. The first-order valence-corrected chi connectivity index (χ1v) is 7.11. The number of hydrogen-bond donors (Lipinski definition) is 1. The van der Waals surface area contributed by atoms with Gasteiger partial charge in [0.1, 0.15) is 0 Å². The van der Waals surface area contributed by atoms with E-state index >= 15 is 0 Å². The fourth-order valence-corrected chi connectivity index (χ4v) is 3.02. The molecule has 0 radical (unpaired) electrons. The Bertz CT molecular complexity index is 447. The molecule has 98 valence electrons. The lowest BCUT2D eigenvalue weighted by atomic mass is 10.1. The summed E-state index contributed by atoms with van der Waals surface area (Å²) in [6.07, 6.45) is 2.22. The number of carbonyl (C=O) groups excluding carboxylic acids is 1. The standard InChI is InChI=1S/C14H19BrN2O/c1-10-5-6-12(13(15)8-10)14(18)16-11-4-3-7-17(2)9-11/h5-6,8,11H,3-4,7,9H2,1-2H3,(H,16,18). The Balaban J connectivity index is 2.03. The molecular weight excluding hydrogens is 292 g/mol. The lowest BCUT2D eigenvalue weighted by molar-refractivity contribution is 0.0912. The molecule has 0 spiro atoms. The second-order valence-corrected chi connectivity index (χ2v) is 5.91. The van der Waals surface area contributed by atoms with Crippen molar-refractivity contribution in [2.45, 2.75) is 25.8 Å². The maximum Gasteiger partial charge on any atom is 0.252 e. The monoisotopic (exact) mass is 310 g/mol. The zero-order valence-electron chi connectivity index (χ0n) is 10.9. The topological polar surface area (TPSA) is 32.3 Å². The summed E-state index contributed by atoms with van der Waals surface area (Å²) < 4.78 is 0.865. The first-order chi connectivity index (χ1) is 8.56. The highest BCUT2D eigenvalue weighted by molar-refractivity contribution is 9.10. The second kappa shape index (κ2) is 5.85. The fourth-order valence-electron chi connectivity index (χ4n) is 2.35. The van der Waals surface area contributed by atoms with E-state index in [0.717, 1.165) is 36.0 Å². The predicted octanol–water partition coefficient (Wildman–Crippen LogP) is 2.58. The van der Waals surface area contributed by atoms with E-state index in [9.17, 15) is 4.79 Å². The average molecular weight is 311 g/mol. The maximum atomic E-state index is 12.2. The van der Waals surface area contributed by atoms with E-state index in [1.807, 2.05) is 25.1 Å². The summed E-state index contributed by atoms with van der Waals surface area (Å²) in [6.45, 7) is 4.08. The van der Waals surface area contributed by atoms with Crippen molar-refractivity contribution in [1.29, 1.82) is 0 Å². The Hall–Kier alpha value is -0.870. The summed E-state index contributed by atoms with van der Waals surface area (Å²) in [6, 6.07) is 6.08. The van der Waals surface area contributed by atoms with Crippen LogP contribution in [0.5, 0.6) is 0 Å². The molecule has 1 heterocycles. The van der Waals surface area contributed by atoms with Gasteiger partial charge in [0.2, 0.25) is 0 Å². The molecule has 1 fully saturated rings. The Morgan fingerprint density at radius 1 is 1.50 bits per heavy atom. The summed E-state index contributed by atoms with van der Waals surface area (Å²) >= 11 is 3.45. The highest BCUT2D eigenvalue weighted by atomic mass is 79.9. The van der Waals surface area contributed by atoms with Gasteiger partial charge in [-0.05, 0) is 67.0 Å². The molecule has 18 heavy (non-hydrogen) atoms. The molecule has 1 aromatic rings. The minimum Gasteiger partial charge on any atom is -0.348 e. The van der Waals surface area contributed by atoms with Crippen LogP contribution in [0.1, 0.15) is 28.8 Å². The van der Waals surface area contributed by atoms with Crippen LogP contribution < -0.4 is 5.32 Å². The molecule has 3 nitrogen and oxygen atoms in total. The fraction of sp³-hybridized carbons (Fsp3) is 0.500. The number of hydrogen-bond acceptors (Lipinski definition) is 2. The zero-order valence-corrected chi connectivity index (χ0v) is 12.5. The van der Waals surface area contributed by atoms with Crippen LogP contribution in [-0.4, -0.2) is 37.0 Å². The van der Waals surface area contributed by atoms with E-state index in [4.69, 9.17) is 0 Å². The first kappa shape index (κ1) is 13.6. The van der Waals surface area contributed by atoms with E-state index < -0.39 is 0 Å². The smallest absolute Gasteiger partial charge is 0.252 e. The number of aryl methyl sites for hydroxylation is 1. The molecule has 1 N–H and O–H groups in total. The van der Waals surface area contributed by atoms with Crippen molar-refractivity contribution in [3.8, 4) is 0 Å². The third kappa shape index (κ3) is 3.33. The van der Waals surface area contributed by atoms with Crippen LogP contribution in [0, 0.1) is 6.92 Å². The van der Waals surface area contributed by atoms with Gasteiger partial charge in [-0.15, -0.1) is 0 Å². The molecule has 0 aliphatic carbocycles. The van der Waals surface area contributed by atoms with Gasteiger partial charge in [0.15, 0.2) is 0 Å². The van der Waals surface area contributed by atoms with E-state index in [0.29, 0.717) is 5.56 Å². The number of likely N-dealkylation sites (N-methyl/N-ethyl adjacent to an activating group) is 1. The van der Waals surface area contributed by atoms with Crippen LogP contribution >= 0.6 is 15.9 Å². The van der Waals surface area contributed by atoms with E-state index in [2.05, 4.69) is 33.2 Å². The molecule has 1 amide bonds. The highest BCUT2D eigenvalue weighted by Gasteiger charge is 2.20. The summed E-state index contributed by atoms with van der Waals surface area (Å²) in [5.74, 6) is 0.0159. The number of carbonyl (C=O) groups is 1. The van der Waals surface area contributed by atoms with Gasteiger partial charge < -0.3 is 10.2 Å². The van der Waals surface area contributed by atoms with Crippen molar-refractivity contribution in [3.63, 3.8) is 0 Å². The lowest BCUT2D eigenvalue weighted by Gasteiger charge is -2.30. The van der Waals surface area contributed by atoms with Crippen molar-refractivity contribution in [2.24, 2.45) is 0 Å². The number of rotatable bonds is 2. The number of nitrogens with one attached hydrogen (secondary N) is 1. The lowest BCUT2D eigenvalue weighted by Crippen LogP contribution is -2.46. The summed E-state index contributed by atoms with van der Waals surface area (Å²) in [5.41, 5.74) is 1.87. The number of likely N-dealkylation sites (tertiary alicyclic amines) is 1. The molecule has 1 saturated heterocycles. The Kier molecular flexibility index (Phi) is 4.40. The van der Waals surface area contributed by atoms with Gasteiger partial charge in [0.25, 0.3) is 5.91 Å². The van der Waals surface area contributed by atoms with E-state index in [-0.39, 0.29) is 11.9 Å².